The summed E-state index contributed by atoms with van der Waals surface area (Å²) in [7, 11) is 0. The molecule has 0 N–H and O–H groups in total. The van der Waals surface area contributed by atoms with Gasteiger partial charge in [0.15, 0.2) is 0 Å². The number of hydrogen-bond donors (Lipinski definition) is 0. The summed E-state index contributed by atoms with van der Waals surface area (Å²) in [5, 5.41) is 0. The first-order valence-electron chi connectivity index (χ1n) is 7.05. The monoisotopic (exact) mass is 229 g/mol. The number of ether oxygens (including phenoxy) is 1. The van der Waals surface area contributed by atoms with Gasteiger partial charge in [-0.15, -0.1) is 0 Å². The Bertz CT molecular complexity index is 286. The molecule has 0 aromatic heterocycles. The summed E-state index contributed by atoms with van der Waals surface area (Å²) >= 11 is 0. The molecule has 1 amide bonds. The Morgan fingerprint density at radius 2 is 2.00 bits per heavy atom. The molecule has 0 radical (unpaired) electrons. The minimum atomic E-state index is -1.11. The second kappa shape index (κ2) is 5.55. The average molecular weight is 229 g/mol. The van der Waals surface area contributed by atoms with Crippen molar-refractivity contribution in [3.8, 4) is 0 Å². The van der Waals surface area contributed by atoms with Crippen LogP contribution in [0.2, 0.25) is 0 Å². The molecule has 0 saturated carbocycles. The van der Waals surface area contributed by atoms with E-state index in [1.54, 1.807) is 11.8 Å². The molecule has 1 saturated heterocycles. The number of nitrogens with zero attached hydrogens (tertiary/aromatic N) is 1. The summed E-state index contributed by atoms with van der Waals surface area (Å²) in [5.74, 6) is 0.378. The fourth-order valence-corrected chi connectivity index (χ4v) is 1.93. The molecule has 0 bridgehead atoms. The summed E-state index contributed by atoms with van der Waals surface area (Å²) in [6.45, 7) is 8.56. The van der Waals surface area contributed by atoms with Gasteiger partial charge >= 0.3 is 6.09 Å². The van der Waals surface area contributed by atoms with Crippen LogP contribution in [0, 0.1) is 5.92 Å². The molecule has 1 heterocycles. The van der Waals surface area contributed by atoms with Crippen LogP contribution in [0.15, 0.2) is 0 Å². The Morgan fingerprint density at radius 1 is 1.44 bits per heavy atom. The molecule has 16 heavy (non-hydrogen) atoms. The third-order valence-electron chi connectivity index (χ3n) is 2.76. The van der Waals surface area contributed by atoms with Gasteiger partial charge in [0, 0.05) is 15.8 Å². The number of likely N-dealkylation sites (tertiary alicyclic amines) is 1. The van der Waals surface area contributed by atoms with Crippen LogP contribution in [0.5, 0.6) is 0 Å². The zero-order valence-electron chi connectivity index (χ0n) is 12.9. The second-order valence-electron chi connectivity index (χ2n) is 5.47. The van der Waals surface area contributed by atoms with Crippen LogP contribution in [-0.4, -0.2) is 29.7 Å². The Balaban J connectivity index is 2.37. The molecule has 94 valence electrons. The molecule has 0 aromatic rings. The van der Waals surface area contributed by atoms with Crippen LogP contribution in [0.4, 0.5) is 4.79 Å². The predicted octanol–water partition coefficient (Wildman–Crippen LogP) is 3.43. The van der Waals surface area contributed by atoms with E-state index in [9.17, 15) is 4.79 Å². The third-order valence-corrected chi connectivity index (χ3v) is 2.76. The summed E-state index contributed by atoms with van der Waals surface area (Å²) in [4.78, 5) is 13.6. The van der Waals surface area contributed by atoms with E-state index in [4.69, 9.17) is 7.48 Å². The minimum Gasteiger partial charge on any atom is -0.444 e. The van der Waals surface area contributed by atoms with Crippen molar-refractivity contribution in [3.05, 3.63) is 0 Å². The first-order chi connectivity index (χ1) is 8.07. The second-order valence-corrected chi connectivity index (χ2v) is 5.47. The average Bonchev–Trinajstić information content (AvgIpc) is 2.13. The number of amides is 1. The van der Waals surface area contributed by atoms with Gasteiger partial charge in [0.05, 0.1) is 0 Å². The molecule has 0 atom stereocenters. The van der Waals surface area contributed by atoms with Crippen molar-refractivity contribution in [2.45, 2.75) is 58.9 Å². The molecule has 0 spiro atoms. The van der Waals surface area contributed by atoms with E-state index in [0.29, 0.717) is 25.4 Å². The SMILES string of the molecule is [2H]C([2H])(C)CC1CCN(C(=O)OC(C)(C)C)CC1. The van der Waals surface area contributed by atoms with Gasteiger partial charge in [0.2, 0.25) is 0 Å². The van der Waals surface area contributed by atoms with Crippen molar-refractivity contribution in [1.82, 2.24) is 4.90 Å². The quantitative estimate of drug-likeness (QED) is 0.726. The third kappa shape index (κ3) is 4.42. The Kier molecular flexibility index (Phi) is 3.62. The number of rotatable bonds is 2. The van der Waals surface area contributed by atoms with Crippen LogP contribution < -0.4 is 0 Å². The highest BCUT2D eigenvalue weighted by Crippen LogP contribution is 2.22. The molecular weight excluding hydrogens is 202 g/mol. The Morgan fingerprint density at radius 3 is 2.44 bits per heavy atom. The molecule has 1 rings (SSSR count). The number of carbonyl (C=O) groups excluding carboxylic acids is 1. The highest BCUT2D eigenvalue weighted by atomic mass is 16.6. The van der Waals surface area contributed by atoms with Gasteiger partial charge in [-0.3, -0.25) is 0 Å². The van der Waals surface area contributed by atoms with Crippen molar-refractivity contribution in [2.75, 3.05) is 13.1 Å². The smallest absolute Gasteiger partial charge is 0.410 e. The zero-order chi connectivity index (χ0) is 14.0. The molecule has 1 aliphatic rings. The first-order valence-corrected chi connectivity index (χ1v) is 6.05. The zero-order valence-corrected chi connectivity index (χ0v) is 10.9. The fraction of sp³-hybridized carbons (Fsp3) is 0.923. The minimum absolute atomic E-state index is 0.250. The van der Waals surface area contributed by atoms with Crippen LogP contribution in [0.25, 0.3) is 0 Å². The summed E-state index contributed by atoms with van der Waals surface area (Å²) in [6.07, 6.45) is 0.952. The van der Waals surface area contributed by atoms with Gasteiger partial charge < -0.3 is 9.64 Å². The van der Waals surface area contributed by atoms with E-state index in [2.05, 4.69) is 0 Å². The van der Waals surface area contributed by atoms with Crippen LogP contribution in [0.3, 0.4) is 0 Å². The topological polar surface area (TPSA) is 29.5 Å². The molecule has 0 aliphatic carbocycles. The van der Waals surface area contributed by atoms with Crippen molar-refractivity contribution in [2.24, 2.45) is 5.92 Å². The number of hydrogen-bond acceptors (Lipinski definition) is 2. The van der Waals surface area contributed by atoms with Crippen molar-refractivity contribution < 1.29 is 12.3 Å². The predicted molar refractivity (Wildman–Crippen MR) is 65.4 cm³/mol. The summed E-state index contributed by atoms with van der Waals surface area (Å²) in [6, 6.07) is 0. The Hall–Kier alpha value is -0.730. The highest BCUT2D eigenvalue weighted by Gasteiger charge is 2.26. The van der Waals surface area contributed by atoms with E-state index in [0.717, 1.165) is 12.8 Å². The normalized spacial score (nSPS) is 21.4. The van der Waals surface area contributed by atoms with Gasteiger partial charge in [0.1, 0.15) is 5.60 Å². The van der Waals surface area contributed by atoms with Gasteiger partial charge in [-0.25, -0.2) is 4.79 Å². The van der Waals surface area contributed by atoms with E-state index < -0.39 is 12.0 Å². The molecular formula is C13H25NO2. The largest absolute Gasteiger partial charge is 0.444 e. The van der Waals surface area contributed by atoms with Gasteiger partial charge in [-0.05, 0) is 39.5 Å². The fourth-order valence-electron chi connectivity index (χ4n) is 1.93. The lowest BCUT2D eigenvalue weighted by molar-refractivity contribution is 0.0181. The standard InChI is InChI=1S/C13H25NO2/c1-5-6-11-7-9-14(10-8-11)12(15)16-13(2,3)4/h11H,5-10H2,1-4H3/i5D2. The highest BCUT2D eigenvalue weighted by molar-refractivity contribution is 5.68. The van der Waals surface area contributed by atoms with Gasteiger partial charge in [0.25, 0.3) is 0 Å². The van der Waals surface area contributed by atoms with E-state index in [1.807, 2.05) is 20.8 Å². The lowest BCUT2D eigenvalue weighted by atomic mass is 9.93. The maximum absolute atomic E-state index is 11.8. The van der Waals surface area contributed by atoms with E-state index >= 15 is 0 Å². The molecule has 1 aliphatic heterocycles. The number of piperidine rings is 1. The van der Waals surface area contributed by atoms with Crippen LogP contribution in [-0.2, 0) is 4.74 Å². The van der Waals surface area contributed by atoms with E-state index in [1.165, 1.54) is 0 Å². The lowest BCUT2D eigenvalue weighted by Gasteiger charge is -2.33. The molecule has 1 fully saturated rings. The van der Waals surface area contributed by atoms with Crippen LogP contribution in [0.1, 0.15) is 56.1 Å². The van der Waals surface area contributed by atoms with Crippen molar-refractivity contribution in [1.29, 1.82) is 0 Å². The maximum Gasteiger partial charge on any atom is 0.410 e. The Labute approximate surface area is 102 Å². The molecule has 0 unspecified atom stereocenters. The molecule has 3 nitrogen and oxygen atoms in total. The van der Waals surface area contributed by atoms with Crippen LogP contribution >= 0.6 is 0 Å². The maximum atomic E-state index is 11.8. The number of carbonyl (C=O) groups is 1. The lowest BCUT2D eigenvalue weighted by Crippen LogP contribution is -2.41. The van der Waals surface area contributed by atoms with E-state index in [-0.39, 0.29) is 6.09 Å². The molecule has 0 aromatic carbocycles. The van der Waals surface area contributed by atoms with Gasteiger partial charge in [-0.1, -0.05) is 19.7 Å². The molecule has 3 heteroatoms. The van der Waals surface area contributed by atoms with Crippen molar-refractivity contribution in [3.63, 3.8) is 0 Å². The summed E-state index contributed by atoms with van der Waals surface area (Å²) in [5.41, 5.74) is -0.450. The first kappa shape index (κ1) is 10.4. The van der Waals surface area contributed by atoms with Gasteiger partial charge in [-0.2, -0.15) is 0 Å². The summed E-state index contributed by atoms with van der Waals surface area (Å²) < 4.78 is 20.5. The van der Waals surface area contributed by atoms with Crippen molar-refractivity contribution >= 4 is 6.09 Å².